The molecule has 0 aromatic heterocycles. The standard InChI is InChI=1S/C10H18/c1-4-5-6-7-8-9-10(2)3/h4-5,7-8,10H,6,9H2,1-3H3/b5-4+,8-7+. The SMILES string of the molecule is C/C=C/C/C=C/CC(C)C. The van der Waals surface area contributed by atoms with E-state index in [1.165, 1.54) is 6.42 Å². The van der Waals surface area contributed by atoms with Gasteiger partial charge in [-0.2, -0.15) is 0 Å². The smallest absolute Gasteiger partial charge is 0.0169 e. The van der Waals surface area contributed by atoms with Crippen LogP contribution in [0.1, 0.15) is 33.6 Å². The zero-order chi connectivity index (χ0) is 7.82. The molecule has 0 aromatic rings. The minimum absolute atomic E-state index is 0.793. The van der Waals surface area contributed by atoms with E-state index in [0.29, 0.717) is 0 Å². The molecule has 0 atom stereocenters. The molecule has 0 amide bonds. The first-order valence-electron chi connectivity index (χ1n) is 4.03. The van der Waals surface area contributed by atoms with Crippen LogP contribution in [-0.2, 0) is 0 Å². The average Bonchev–Trinajstić information content (AvgIpc) is 1.87. The molecule has 10 heavy (non-hydrogen) atoms. The predicted molar refractivity (Wildman–Crippen MR) is 48.0 cm³/mol. The van der Waals surface area contributed by atoms with Gasteiger partial charge in [0.05, 0.1) is 0 Å². The van der Waals surface area contributed by atoms with Gasteiger partial charge < -0.3 is 0 Å². The highest BCUT2D eigenvalue weighted by Crippen LogP contribution is 2.00. The van der Waals surface area contributed by atoms with Gasteiger partial charge in [-0.1, -0.05) is 38.2 Å². The maximum atomic E-state index is 2.25. The Morgan fingerprint density at radius 1 is 1.10 bits per heavy atom. The van der Waals surface area contributed by atoms with E-state index in [1.807, 2.05) is 0 Å². The number of rotatable bonds is 4. The summed E-state index contributed by atoms with van der Waals surface area (Å²) in [7, 11) is 0. The van der Waals surface area contributed by atoms with Gasteiger partial charge in [-0.05, 0) is 25.7 Å². The van der Waals surface area contributed by atoms with E-state index in [-0.39, 0.29) is 0 Å². The topological polar surface area (TPSA) is 0 Å². The summed E-state index contributed by atoms with van der Waals surface area (Å²) in [5.74, 6) is 0.793. The summed E-state index contributed by atoms with van der Waals surface area (Å²) in [4.78, 5) is 0. The normalized spacial score (nSPS) is 12.4. The largest absolute Gasteiger partial charge is 0.0914 e. The van der Waals surface area contributed by atoms with Gasteiger partial charge in [-0.25, -0.2) is 0 Å². The number of hydrogen-bond donors (Lipinski definition) is 0. The van der Waals surface area contributed by atoms with Gasteiger partial charge in [0, 0.05) is 0 Å². The lowest BCUT2D eigenvalue weighted by molar-refractivity contribution is 0.663. The highest BCUT2D eigenvalue weighted by molar-refractivity contribution is 4.91. The lowest BCUT2D eigenvalue weighted by Gasteiger charge is -1.94. The molecular formula is C10H18. The molecule has 0 N–H and O–H groups in total. The molecule has 0 nitrogen and oxygen atoms in total. The summed E-state index contributed by atoms with van der Waals surface area (Å²) in [6, 6.07) is 0. The summed E-state index contributed by atoms with van der Waals surface area (Å²) in [5.41, 5.74) is 0. The van der Waals surface area contributed by atoms with Crippen molar-refractivity contribution in [1.82, 2.24) is 0 Å². The average molecular weight is 138 g/mol. The second-order valence-electron chi connectivity index (χ2n) is 2.91. The summed E-state index contributed by atoms with van der Waals surface area (Å²) < 4.78 is 0. The van der Waals surface area contributed by atoms with Gasteiger partial charge in [0.2, 0.25) is 0 Å². The van der Waals surface area contributed by atoms with Crippen molar-refractivity contribution in [1.29, 1.82) is 0 Å². The maximum absolute atomic E-state index is 2.25. The molecule has 0 bridgehead atoms. The zero-order valence-corrected chi connectivity index (χ0v) is 7.30. The van der Waals surface area contributed by atoms with Crippen LogP contribution in [0.4, 0.5) is 0 Å². The van der Waals surface area contributed by atoms with Gasteiger partial charge >= 0.3 is 0 Å². The molecule has 58 valence electrons. The van der Waals surface area contributed by atoms with Crippen molar-refractivity contribution in [3.63, 3.8) is 0 Å². The fourth-order valence-electron chi connectivity index (χ4n) is 0.679. The van der Waals surface area contributed by atoms with Crippen molar-refractivity contribution in [2.75, 3.05) is 0 Å². The molecule has 0 aromatic carbocycles. The van der Waals surface area contributed by atoms with Gasteiger partial charge in [0.1, 0.15) is 0 Å². The van der Waals surface area contributed by atoms with E-state index in [2.05, 4.69) is 45.1 Å². The Balaban J connectivity index is 3.20. The molecule has 0 rings (SSSR count). The van der Waals surface area contributed by atoms with E-state index < -0.39 is 0 Å². The highest BCUT2D eigenvalue weighted by atomic mass is 13.9. The van der Waals surface area contributed by atoms with E-state index in [9.17, 15) is 0 Å². The summed E-state index contributed by atoms with van der Waals surface area (Å²) in [6.45, 7) is 6.52. The molecule has 0 radical (unpaired) electrons. The number of hydrogen-bond acceptors (Lipinski definition) is 0. The Morgan fingerprint density at radius 3 is 2.30 bits per heavy atom. The molecule has 0 saturated carbocycles. The Labute approximate surface area is 64.6 Å². The van der Waals surface area contributed by atoms with Crippen molar-refractivity contribution in [3.05, 3.63) is 24.3 Å². The van der Waals surface area contributed by atoms with Crippen molar-refractivity contribution in [2.45, 2.75) is 33.6 Å². The van der Waals surface area contributed by atoms with Crippen LogP contribution >= 0.6 is 0 Å². The number of allylic oxidation sites excluding steroid dienone is 4. The van der Waals surface area contributed by atoms with Crippen LogP contribution < -0.4 is 0 Å². The van der Waals surface area contributed by atoms with Crippen molar-refractivity contribution < 1.29 is 0 Å². The van der Waals surface area contributed by atoms with Crippen LogP contribution in [0.15, 0.2) is 24.3 Å². The zero-order valence-electron chi connectivity index (χ0n) is 7.30. The maximum Gasteiger partial charge on any atom is -0.0169 e. The van der Waals surface area contributed by atoms with Crippen molar-refractivity contribution in [3.8, 4) is 0 Å². The first-order chi connectivity index (χ1) is 4.77. The molecule has 0 spiro atoms. The molecule has 0 aliphatic carbocycles. The van der Waals surface area contributed by atoms with Crippen LogP contribution in [0.3, 0.4) is 0 Å². The van der Waals surface area contributed by atoms with E-state index in [4.69, 9.17) is 0 Å². The van der Waals surface area contributed by atoms with Crippen LogP contribution in [0.5, 0.6) is 0 Å². The molecule has 0 fully saturated rings. The molecule has 0 heterocycles. The Bertz CT molecular complexity index is 107. The Hall–Kier alpha value is -0.520. The fraction of sp³-hybridized carbons (Fsp3) is 0.600. The monoisotopic (exact) mass is 138 g/mol. The summed E-state index contributed by atoms with van der Waals surface area (Å²) in [5, 5.41) is 0. The van der Waals surface area contributed by atoms with E-state index in [0.717, 1.165) is 12.3 Å². The second kappa shape index (κ2) is 6.60. The molecule has 0 unspecified atom stereocenters. The molecule has 0 aliphatic heterocycles. The van der Waals surface area contributed by atoms with Gasteiger partial charge in [-0.3, -0.25) is 0 Å². The van der Waals surface area contributed by atoms with E-state index >= 15 is 0 Å². The summed E-state index contributed by atoms with van der Waals surface area (Å²) in [6.07, 6.45) is 11.0. The first-order valence-corrected chi connectivity index (χ1v) is 4.03. The molecule has 0 heteroatoms. The van der Waals surface area contributed by atoms with Crippen LogP contribution in [-0.4, -0.2) is 0 Å². The molecular weight excluding hydrogens is 120 g/mol. The Morgan fingerprint density at radius 2 is 1.80 bits per heavy atom. The third kappa shape index (κ3) is 7.48. The Kier molecular flexibility index (Phi) is 6.25. The third-order valence-electron chi connectivity index (χ3n) is 1.28. The van der Waals surface area contributed by atoms with Gasteiger partial charge in [0.25, 0.3) is 0 Å². The molecule has 0 saturated heterocycles. The first kappa shape index (κ1) is 9.48. The lowest BCUT2D eigenvalue weighted by Crippen LogP contribution is -1.80. The van der Waals surface area contributed by atoms with Crippen LogP contribution in [0.25, 0.3) is 0 Å². The third-order valence-corrected chi connectivity index (χ3v) is 1.28. The quantitative estimate of drug-likeness (QED) is 0.521. The predicted octanol–water partition coefficient (Wildman–Crippen LogP) is 3.55. The highest BCUT2D eigenvalue weighted by Gasteiger charge is 1.85. The minimum atomic E-state index is 0.793. The molecule has 0 aliphatic rings. The summed E-state index contributed by atoms with van der Waals surface area (Å²) >= 11 is 0. The van der Waals surface area contributed by atoms with Crippen LogP contribution in [0.2, 0.25) is 0 Å². The van der Waals surface area contributed by atoms with Crippen LogP contribution in [0, 0.1) is 5.92 Å². The van der Waals surface area contributed by atoms with Crippen molar-refractivity contribution in [2.24, 2.45) is 5.92 Å². The lowest BCUT2D eigenvalue weighted by atomic mass is 10.1. The van der Waals surface area contributed by atoms with Gasteiger partial charge in [0.15, 0.2) is 0 Å². The second-order valence-corrected chi connectivity index (χ2v) is 2.91. The van der Waals surface area contributed by atoms with Crippen molar-refractivity contribution >= 4 is 0 Å². The van der Waals surface area contributed by atoms with Gasteiger partial charge in [-0.15, -0.1) is 0 Å². The fourth-order valence-corrected chi connectivity index (χ4v) is 0.679. The minimum Gasteiger partial charge on any atom is -0.0914 e. The van der Waals surface area contributed by atoms with E-state index in [1.54, 1.807) is 0 Å².